The molecular weight excluding hydrogens is 234 g/mol. The van der Waals surface area contributed by atoms with Crippen molar-refractivity contribution in [1.82, 2.24) is 4.57 Å². The Bertz CT molecular complexity index is 540. The van der Waals surface area contributed by atoms with Crippen LogP contribution >= 0.6 is 0 Å². The normalized spacial score (nSPS) is 11.8. The molecule has 0 unspecified atom stereocenters. The van der Waals surface area contributed by atoms with Crippen LogP contribution in [-0.2, 0) is 6.18 Å². The average molecular weight is 243 g/mol. The van der Waals surface area contributed by atoms with Crippen molar-refractivity contribution in [2.24, 2.45) is 0 Å². The third kappa shape index (κ3) is 2.18. The number of hydrogen-bond acceptors (Lipinski definition) is 0. The molecule has 5 heteroatoms. The molecule has 17 heavy (non-hydrogen) atoms. The van der Waals surface area contributed by atoms with E-state index < -0.39 is 17.6 Å². The van der Waals surface area contributed by atoms with Gasteiger partial charge in [0, 0.05) is 11.9 Å². The van der Waals surface area contributed by atoms with Crippen LogP contribution in [0.15, 0.2) is 36.5 Å². The monoisotopic (exact) mass is 243 g/mol. The number of aryl methyl sites for hydroxylation is 1. The van der Waals surface area contributed by atoms with Crippen LogP contribution in [0, 0.1) is 12.7 Å². The molecule has 0 radical (unpaired) electrons. The molecule has 0 saturated heterocycles. The van der Waals surface area contributed by atoms with Gasteiger partial charge in [-0.1, -0.05) is 0 Å². The third-order valence-electron chi connectivity index (χ3n) is 2.48. The second-order valence-electron chi connectivity index (χ2n) is 3.68. The fourth-order valence-corrected chi connectivity index (χ4v) is 1.68. The van der Waals surface area contributed by atoms with Crippen LogP contribution < -0.4 is 0 Å². The number of alkyl halides is 3. The summed E-state index contributed by atoms with van der Waals surface area (Å²) in [5.41, 5.74) is -0.389. The van der Waals surface area contributed by atoms with Crippen molar-refractivity contribution in [3.05, 3.63) is 53.6 Å². The largest absolute Gasteiger partial charge is 0.418 e. The zero-order chi connectivity index (χ0) is 12.6. The molecular formula is C12H9F4N. The second-order valence-corrected chi connectivity index (χ2v) is 3.68. The molecule has 0 atom stereocenters. The van der Waals surface area contributed by atoms with Gasteiger partial charge in [0.15, 0.2) is 0 Å². The van der Waals surface area contributed by atoms with Crippen LogP contribution in [0.3, 0.4) is 0 Å². The average Bonchev–Trinajstić information content (AvgIpc) is 2.63. The molecule has 1 heterocycles. The van der Waals surface area contributed by atoms with E-state index in [-0.39, 0.29) is 5.69 Å². The Balaban J connectivity index is 2.67. The lowest BCUT2D eigenvalue weighted by atomic mass is 10.1. The minimum absolute atomic E-state index is 0.0681. The fraction of sp³-hybridized carbons (Fsp3) is 0.167. The first-order valence-corrected chi connectivity index (χ1v) is 4.90. The summed E-state index contributed by atoms with van der Waals surface area (Å²) in [5, 5.41) is 0. The van der Waals surface area contributed by atoms with Crippen molar-refractivity contribution >= 4 is 0 Å². The summed E-state index contributed by atoms with van der Waals surface area (Å²) >= 11 is 0. The van der Waals surface area contributed by atoms with Crippen molar-refractivity contribution in [3.8, 4) is 5.69 Å². The summed E-state index contributed by atoms with van der Waals surface area (Å²) in [7, 11) is 0. The van der Waals surface area contributed by atoms with Gasteiger partial charge in [-0.05, 0) is 37.3 Å². The molecule has 0 spiro atoms. The van der Waals surface area contributed by atoms with E-state index in [1.807, 2.05) is 0 Å². The summed E-state index contributed by atoms with van der Waals surface area (Å²) in [6.45, 7) is 1.68. The summed E-state index contributed by atoms with van der Waals surface area (Å²) in [6, 6.07) is 5.98. The molecule has 0 aliphatic rings. The number of nitrogens with zero attached hydrogens (tertiary/aromatic N) is 1. The van der Waals surface area contributed by atoms with E-state index in [4.69, 9.17) is 0 Å². The maximum atomic E-state index is 12.9. The molecule has 0 amide bonds. The lowest BCUT2D eigenvalue weighted by Crippen LogP contribution is -2.11. The highest BCUT2D eigenvalue weighted by atomic mass is 19.4. The number of hydrogen-bond donors (Lipinski definition) is 0. The molecule has 1 aromatic carbocycles. The van der Waals surface area contributed by atoms with E-state index in [0.717, 1.165) is 12.1 Å². The van der Waals surface area contributed by atoms with Crippen molar-refractivity contribution in [2.45, 2.75) is 13.1 Å². The van der Waals surface area contributed by atoms with Gasteiger partial charge in [-0.25, -0.2) is 4.39 Å². The van der Waals surface area contributed by atoms with E-state index in [1.54, 1.807) is 19.1 Å². The van der Waals surface area contributed by atoms with Crippen molar-refractivity contribution in [1.29, 1.82) is 0 Å². The molecule has 1 aromatic heterocycles. The van der Waals surface area contributed by atoms with Crippen LogP contribution in [0.1, 0.15) is 11.3 Å². The lowest BCUT2D eigenvalue weighted by molar-refractivity contribution is -0.137. The summed E-state index contributed by atoms with van der Waals surface area (Å²) in [5.74, 6) is -0.897. The molecule has 0 aliphatic carbocycles. The highest BCUT2D eigenvalue weighted by Gasteiger charge is 2.34. The highest BCUT2D eigenvalue weighted by Crippen LogP contribution is 2.34. The zero-order valence-corrected chi connectivity index (χ0v) is 8.92. The van der Waals surface area contributed by atoms with Crippen LogP contribution in [-0.4, -0.2) is 4.57 Å². The standard InChI is InChI=1S/C12H9F4N/c1-8-3-2-6-17(8)11-5-4-9(13)7-10(11)12(14,15)16/h2-7H,1H3. The van der Waals surface area contributed by atoms with Gasteiger partial charge in [0.2, 0.25) is 0 Å². The Morgan fingerprint density at radius 1 is 1.12 bits per heavy atom. The molecule has 1 nitrogen and oxygen atoms in total. The molecule has 2 aromatic rings. The minimum Gasteiger partial charge on any atom is -0.321 e. The Morgan fingerprint density at radius 2 is 1.82 bits per heavy atom. The first kappa shape index (κ1) is 11.7. The summed E-state index contributed by atoms with van der Waals surface area (Å²) < 4.78 is 52.6. The maximum Gasteiger partial charge on any atom is 0.418 e. The van der Waals surface area contributed by atoms with Crippen LogP contribution in [0.4, 0.5) is 17.6 Å². The quantitative estimate of drug-likeness (QED) is 0.668. The van der Waals surface area contributed by atoms with E-state index in [1.165, 1.54) is 10.8 Å². The molecule has 0 fully saturated rings. The molecule has 0 saturated carbocycles. The zero-order valence-electron chi connectivity index (χ0n) is 8.92. The van der Waals surface area contributed by atoms with Gasteiger partial charge < -0.3 is 4.57 Å². The van der Waals surface area contributed by atoms with Gasteiger partial charge >= 0.3 is 6.18 Å². The van der Waals surface area contributed by atoms with Crippen LogP contribution in [0.5, 0.6) is 0 Å². The molecule has 2 rings (SSSR count). The van der Waals surface area contributed by atoms with Crippen LogP contribution in [0.2, 0.25) is 0 Å². The number of rotatable bonds is 1. The molecule has 90 valence electrons. The number of halogens is 4. The van der Waals surface area contributed by atoms with Crippen molar-refractivity contribution < 1.29 is 17.6 Å². The maximum absolute atomic E-state index is 12.9. The Labute approximate surface area is 95.3 Å². The molecule has 0 N–H and O–H groups in total. The first-order valence-electron chi connectivity index (χ1n) is 4.90. The predicted molar refractivity (Wildman–Crippen MR) is 55.5 cm³/mol. The minimum atomic E-state index is -4.58. The summed E-state index contributed by atoms with van der Waals surface area (Å²) in [6.07, 6.45) is -3.06. The van der Waals surface area contributed by atoms with Gasteiger partial charge in [-0.15, -0.1) is 0 Å². The Morgan fingerprint density at radius 3 is 2.35 bits per heavy atom. The van der Waals surface area contributed by atoms with E-state index in [2.05, 4.69) is 0 Å². The highest BCUT2D eigenvalue weighted by molar-refractivity contribution is 5.45. The Hall–Kier alpha value is -1.78. The first-order chi connectivity index (χ1) is 7.89. The lowest BCUT2D eigenvalue weighted by Gasteiger charge is -2.15. The number of aromatic nitrogens is 1. The Kier molecular flexibility index (Phi) is 2.69. The summed E-state index contributed by atoms with van der Waals surface area (Å²) in [4.78, 5) is 0. The third-order valence-corrected chi connectivity index (χ3v) is 2.48. The topological polar surface area (TPSA) is 4.93 Å². The van der Waals surface area contributed by atoms with Gasteiger partial charge in [-0.2, -0.15) is 13.2 Å². The van der Waals surface area contributed by atoms with E-state index in [9.17, 15) is 17.6 Å². The SMILES string of the molecule is Cc1cccn1-c1ccc(F)cc1C(F)(F)F. The van der Waals surface area contributed by atoms with Crippen molar-refractivity contribution in [2.75, 3.05) is 0 Å². The molecule has 0 aliphatic heterocycles. The second kappa shape index (κ2) is 3.91. The van der Waals surface area contributed by atoms with Gasteiger partial charge in [-0.3, -0.25) is 0 Å². The van der Waals surface area contributed by atoms with E-state index >= 15 is 0 Å². The van der Waals surface area contributed by atoms with Crippen LogP contribution in [0.25, 0.3) is 5.69 Å². The van der Waals surface area contributed by atoms with Crippen molar-refractivity contribution in [3.63, 3.8) is 0 Å². The van der Waals surface area contributed by atoms with E-state index in [0.29, 0.717) is 11.8 Å². The van der Waals surface area contributed by atoms with Gasteiger partial charge in [0.05, 0.1) is 11.3 Å². The fourth-order valence-electron chi connectivity index (χ4n) is 1.68. The predicted octanol–water partition coefficient (Wildman–Crippen LogP) is 3.94. The number of benzene rings is 1. The molecule has 0 bridgehead atoms. The van der Waals surface area contributed by atoms with Gasteiger partial charge in [0.1, 0.15) is 5.82 Å². The van der Waals surface area contributed by atoms with Gasteiger partial charge in [0.25, 0.3) is 0 Å². The smallest absolute Gasteiger partial charge is 0.321 e.